The molecule has 0 saturated heterocycles. The molecule has 0 amide bonds. The molecule has 1 unspecified atom stereocenters. The predicted molar refractivity (Wildman–Crippen MR) is 77.9 cm³/mol. The predicted octanol–water partition coefficient (Wildman–Crippen LogP) is 4.71. The Balaban J connectivity index is 1.71. The first kappa shape index (κ1) is 14.9. The van der Waals surface area contributed by atoms with E-state index in [1.54, 1.807) is 0 Å². The van der Waals surface area contributed by atoms with Gasteiger partial charge >= 0.3 is 5.97 Å². The van der Waals surface area contributed by atoms with Crippen molar-refractivity contribution < 1.29 is 9.53 Å². The molecule has 0 aromatic carbocycles. The zero-order valence-electron chi connectivity index (χ0n) is 12.7. The average Bonchev–Trinajstić information content (AvgIpc) is 2.48. The lowest BCUT2D eigenvalue weighted by Crippen LogP contribution is -2.30. The molecule has 0 radical (unpaired) electrons. The van der Waals surface area contributed by atoms with Gasteiger partial charge in [-0.2, -0.15) is 0 Å². The standard InChI is InChI=1S/C17H30O2/c1-3-13(2)14-9-11-16(12-10-14)19-17(18)15-7-5-4-6-8-15/h13-16H,3-12H2,1-2H3. The van der Waals surface area contributed by atoms with Crippen LogP contribution >= 0.6 is 0 Å². The van der Waals surface area contributed by atoms with Crippen LogP contribution in [0.3, 0.4) is 0 Å². The Morgan fingerprint density at radius 1 is 1.05 bits per heavy atom. The fourth-order valence-corrected chi connectivity index (χ4v) is 3.71. The summed E-state index contributed by atoms with van der Waals surface area (Å²) in [4.78, 5) is 12.1. The minimum Gasteiger partial charge on any atom is -0.462 e. The SMILES string of the molecule is CCC(C)C1CCC(OC(=O)C2CCCCC2)CC1. The van der Waals surface area contributed by atoms with E-state index in [1.165, 1.54) is 38.5 Å². The summed E-state index contributed by atoms with van der Waals surface area (Å²) in [6.45, 7) is 4.64. The maximum atomic E-state index is 12.1. The van der Waals surface area contributed by atoms with Crippen LogP contribution in [0.15, 0.2) is 0 Å². The third-order valence-electron chi connectivity index (χ3n) is 5.39. The third kappa shape index (κ3) is 4.22. The van der Waals surface area contributed by atoms with Gasteiger partial charge in [-0.1, -0.05) is 39.5 Å². The Bertz CT molecular complexity index is 273. The van der Waals surface area contributed by atoms with E-state index in [4.69, 9.17) is 4.74 Å². The first-order chi connectivity index (χ1) is 9.20. The van der Waals surface area contributed by atoms with Gasteiger partial charge in [-0.25, -0.2) is 0 Å². The lowest BCUT2D eigenvalue weighted by Gasteiger charge is -2.32. The van der Waals surface area contributed by atoms with E-state index in [2.05, 4.69) is 13.8 Å². The molecule has 0 aliphatic heterocycles. The molecule has 0 aromatic rings. The van der Waals surface area contributed by atoms with Crippen LogP contribution < -0.4 is 0 Å². The van der Waals surface area contributed by atoms with E-state index in [0.717, 1.165) is 37.5 Å². The van der Waals surface area contributed by atoms with Crippen molar-refractivity contribution in [3.05, 3.63) is 0 Å². The molecule has 0 heterocycles. The second-order valence-electron chi connectivity index (χ2n) is 6.69. The van der Waals surface area contributed by atoms with Gasteiger partial charge in [-0.3, -0.25) is 4.79 Å². The lowest BCUT2D eigenvalue weighted by molar-refractivity contribution is -0.157. The molecule has 2 aliphatic carbocycles. The molecule has 2 heteroatoms. The molecule has 2 fully saturated rings. The molecule has 2 rings (SSSR count). The molecule has 0 bridgehead atoms. The van der Waals surface area contributed by atoms with Gasteiger partial charge in [0.2, 0.25) is 0 Å². The summed E-state index contributed by atoms with van der Waals surface area (Å²) < 4.78 is 5.75. The molecule has 0 N–H and O–H groups in total. The first-order valence-electron chi connectivity index (χ1n) is 8.41. The molecule has 110 valence electrons. The zero-order valence-corrected chi connectivity index (χ0v) is 12.7. The van der Waals surface area contributed by atoms with Crippen LogP contribution in [0.1, 0.15) is 78.1 Å². The van der Waals surface area contributed by atoms with E-state index in [-0.39, 0.29) is 18.0 Å². The number of ether oxygens (including phenoxy) is 1. The molecular formula is C17H30O2. The Morgan fingerprint density at radius 2 is 1.68 bits per heavy atom. The summed E-state index contributed by atoms with van der Waals surface area (Å²) >= 11 is 0. The highest BCUT2D eigenvalue weighted by molar-refractivity contribution is 5.72. The summed E-state index contributed by atoms with van der Waals surface area (Å²) in [5, 5.41) is 0. The number of esters is 1. The summed E-state index contributed by atoms with van der Waals surface area (Å²) in [6, 6.07) is 0. The van der Waals surface area contributed by atoms with E-state index < -0.39 is 0 Å². The first-order valence-corrected chi connectivity index (χ1v) is 8.41. The smallest absolute Gasteiger partial charge is 0.309 e. The molecule has 1 atom stereocenters. The van der Waals surface area contributed by atoms with Crippen LogP contribution in [0.4, 0.5) is 0 Å². The quantitative estimate of drug-likeness (QED) is 0.688. The van der Waals surface area contributed by atoms with Crippen LogP contribution in [-0.2, 0) is 9.53 Å². The lowest BCUT2D eigenvalue weighted by atomic mass is 9.79. The fourth-order valence-electron chi connectivity index (χ4n) is 3.71. The van der Waals surface area contributed by atoms with E-state index >= 15 is 0 Å². The Labute approximate surface area is 118 Å². The number of hydrogen-bond acceptors (Lipinski definition) is 2. The Hall–Kier alpha value is -0.530. The van der Waals surface area contributed by atoms with Gasteiger partial charge in [-0.15, -0.1) is 0 Å². The topological polar surface area (TPSA) is 26.3 Å². The van der Waals surface area contributed by atoms with Gasteiger partial charge in [0.05, 0.1) is 5.92 Å². The van der Waals surface area contributed by atoms with Gasteiger partial charge in [0.25, 0.3) is 0 Å². The van der Waals surface area contributed by atoms with Gasteiger partial charge in [0.1, 0.15) is 6.10 Å². The van der Waals surface area contributed by atoms with Crippen molar-refractivity contribution >= 4 is 5.97 Å². The van der Waals surface area contributed by atoms with Crippen LogP contribution in [0.2, 0.25) is 0 Å². The minimum atomic E-state index is 0.103. The van der Waals surface area contributed by atoms with E-state index in [1.807, 2.05) is 0 Å². The Kier molecular flexibility index (Phi) is 5.72. The number of rotatable bonds is 4. The second kappa shape index (κ2) is 7.31. The molecule has 19 heavy (non-hydrogen) atoms. The van der Waals surface area contributed by atoms with Crippen molar-refractivity contribution in [2.45, 2.75) is 84.2 Å². The minimum absolute atomic E-state index is 0.103. The normalized spacial score (nSPS) is 30.8. The fraction of sp³-hybridized carbons (Fsp3) is 0.941. The van der Waals surface area contributed by atoms with E-state index in [0.29, 0.717) is 0 Å². The van der Waals surface area contributed by atoms with Crippen LogP contribution in [0.5, 0.6) is 0 Å². The molecule has 0 aromatic heterocycles. The Morgan fingerprint density at radius 3 is 2.26 bits per heavy atom. The molecule has 2 saturated carbocycles. The number of hydrogen-bond donors (Lipinski definition) is 0. The highest BCUT2D eigenvalue weighted by Gasteiger charge is 2.29. The van der Waals surface area contributed by atoms with Crippen molar-refractivity contribution in [2.24, 2.45) is 17.8 Å². The second-order valence-corrected chi connectivity index (χ2v) is 6.69. The van der Waals surface area contributed by atoms with Crippen molar-refractivity contribution in [1.82, 2.24) is 0 Å². The maximum absolute atomic E-state index is 12.1. The highest BCUT2D eigenvalue weighted by Crippen LogP contribution is 2.34. The molecule has 0 spiro atoms. The summed E-state index contributed by atoms with van der Waals surface area (Å²) in [5.41, 5.74) is 0. The molecule has 2 nitrogen and oxygen atoms in total. The highest BCUT2D eigenvalue weighted by atomic mass is 16.5. The van der Waals surface area contributed by atoms with Crippen molar-refractivity contribution in [1.29, 1.82) is 0 Å². The number of carbonyl (C=O) groups excluding carboxylic acids is 1. The summed E-state index contributed by atoms with van der Waals surface area (Å²) in [7, 11) is 0. The van der Waals surface area contributed by atoms with Crippen molar-refractivity contribution in [3.8, 4) is 0 Å². The maximum Gasteiger partial charge on any atom is 0.309 e. The monoisotopic (exact) mass is 266 g/mol. The summed E-state index contributed by atoms with van der Waals surface area (Å²) in [5.74, 6) is 2.00. The van der Waals surface area contributed by atoms with Crippen molar-refractivity contribution in [3.63, 3.8) is 0 Å². The van der Waals surface area contributed by atoms with Crippen molar-refractivity contribution in [2.75, 3.05) is 0 Å². The molecular weight excluding hydrogens is 236 g/mol. The van der Waals surface area contributed by atoms with Crippen LogP contribution in [0.25, 0.3) is 0 Å². The average molecular weight is 266 g/mol. The zero-order chi connectivity index (χ0) is 13.7. The van der Waals surface area contributed by atoms with E-state index in [9.17, 15) is 4.79 Å². The van der Waals surface area contributed by atoms with Gasteiger partial charge < -0.3 is 4.74 Å². The largest absolute Gasteiger partial charge is 0.462 e. The van der Waals surface area contributed by atoms with Gasteiger partial charge in [-0.05, 0) is 50.4 Å². The van der Waals surface area contributed by atoms with Crippen LogP contribution in [-0.4, -0.2) is 12.1 Å². The van der Waals surface area contributed by atoms with Gasteiger partial charge in [0.15, 0.2) is 0 Å². The van der Waals surface area contributed by atoms with Crippen LogP contribution in [0, 0.1) is 17.8 Å². The molecule has 2 aliphatic rings. The van der Waals surface area contributed by atoms with Gasteiger partial charge in [0, 0.05) is 0 Å². The third-order valence-corrected chi connectivity index (χ3v) is 5.39. The summed E-state index contributed by atoms with van der Waals surface area (Å²) in [6.07, 6.45) is 12.0. The number of carbonyl (C=O) groups is 1.